The third-order valence-corrected chi connectivity index (χ3v) is 4.11. The van der Waals surface area contributed by atoms with Crippen LogP contribution in [0.1, 0.15) is 4.88 Å². The predicted molar refractivity (Wildman–Crippen MR) is 72.6 cm³/mol. The number of rotatable bonds is 1. The van der Waals surface area contributed by atoms with E-state index in [0.29, 0.717) is 10.1 Å². The molecule has 86 valence electrons. The van der Waals surface area contributed by atoms with Crippen LogP contribution in [0.4, 0.5) is 0 Å². The standard InChI is InChI=1S/C12H9BrN2OS/c1-7-4-5-9(17-7)12-14-11(13)10-8(16)3-2-6-15(10)12/h2-6,16H,1H3. The molecule has 0 atom stereocenters. The molecule has 3 heterocycles. The van der Waals surface area contributed by atoms with Crippen LogP contribution < -0.4 is 0 Å². The molecular weight excluding hydrogens is 300 g/mol. The molecule has 0 amide bonds. The second kappa shape index (κ2) is 3.85. The highest BCUT2D eigenvalue weighted by Crippen LogP contribution is 2.33. The molecule has 0 saturated heterocycles. The van der Waals surface area contributed by atoms with Gasteiger partial charge in [0.15, 0.2) is 5.82 Å². The summed E-state index contributed by atoms with van der Waals surface area (Å²) >= 11 is 5.07. The van der Waals surface area contributed by atoms with Crippen molar-refractivity contribution in [1.29, 1.82) is 0 Å². The van der Waals surface area contributed by atoms with E-state index in [4.69, 9.17) is 0 Å². The smallest absolute Gasteiger partial charge is 0.156 e. The number of halogens is 1. The molecule has 0 bridgehead atoms. The average molecular weight is 309 g/mol. The lowest BCUT2D eigenvalue weighted by Gasteiger charge is -1.99. The fraction of sp³-hybridized carbons (Fsp3) is 0.0833. The van der Waals surface area contributed by atoms with E-state index in [-0.39, 0.29) is 5.75 Å². The highest BCUT2D eigenvalue weighted by atomic mass is 79.9. The Bertz CT molecular complexity index is 702. The molecular formula is C12H9BrN2OS. The molecule has 3 aromatic rings. The van der Waals surface area contributed by atoms with Crippen LogP contribution in [0.2, 0.25) is 0 Å². The molecule has 0 aliphatic rings. The van der Waals surface area contributed by atoms with Gasteiger partial charge in [-0.25, -0.2) is 4.98 Å². The summed E-state index contributed by atoms with van der Waals surface area (Å²) in [5, 5.41) is 9.83. The molecule has 0 unspecified atom stereocenters. The van der Waals surface area contributed by atoms with Gasteiger partial charge in [0.05, 0.1) is 4.88 Å². The van der Waals surface area contributed by atoms with Crippen LogP contribution in [0.3, 0.4) is 0 Å². The van der Waals surface area contributed by atoms with Gasteiger partial charge in [-0.3, -0.25) is 4.40 Å². The number of hydrogen-bond donors (Lipinski definition) is 1. The van der Waals surface area contributed by atoms with Crippen molar-refractivity contribution in [2.45, 2.75) is 6.92 Å². The monoisotopic (exact) mass is 308 g/mol. The molecule has 1 N–H and O–H groups in total. The van der Waals surface area contributed by atoms with E-state index in [0.717, 1.165) is 10.7 Å². The van der Waals surface area contributed by atoms with Crippen molar-refractivity contribution in [3.05, 3.63) is 39.9 Å². The second-order valence-electron chi connectivity index (χ2n) is 3.75. The van der Waals surface area contributed by atoms with Crippen molar-refractivity contribution in [2.24, 2.45) is 0 Å². The van der Waals surface area contributed by atoms with E-state index < -0.39 is 0 Å². The zero-order valence-corrected chi connectivity index (χ0v) is 11.4. The molecule has 0 radical (unpaired) electrons. The minimum absolute atomic E-state index is 0.228. The third-order valence-electron chi connectivity index (χ3n) is 2.56. The Balaban J connectivity index is 2.35. The normalized spacial score (nSPS) is 11.2. The Kier molecular flexibility index (Phi) is 2.45. The maximum absolute atomic E-state index is 9.83. The topological polar surface area (TPSA) is 37.5 Å². The van der Waals surface area contributed by atoms with Crippen molar-refractivity contribution in [3.8, 4) is 16.5 Å². The number of pyridine rings is 1. The summed E-state index contributed by atoms with van der Waals surface area (Å²) in [6, 6.07) is 7.58. The Labute approximate surface area is 110 Å². The van der Waals surface area contributed by atoms with Crippen LogP contribution in [0, 0.1) is 6.92 Å². The summed E-state index contributed by atoms with van der Waals surface area (Å²) < 4.78 is 2.56. The molecule has 0 fully saturated rings. The molecule has 3 rings (SSSR count). The Hall–Kier alpha value is -1.33. The predicted octanol–water partition coefficient (Wildman–Crippen LogP) is 3.84. The van der Waals surface area contributed by atoms with Crippen LogP contribution in [-0.4, -0.2) is 14.5 Å². The van der Waals surface area contributed by atoms with Gasteiger partial charge in [0.2, 0.25) is 0 Å². The fourth-order valence-corrected chi connectivity index (χ4v) is 3.22. The Morgan fingerprint density at radius 2 is 2.18 bits per heavy atom. The van der Waals surface area contributed by atoms with Gasteiger partial charge in [0.1, 0.15) is 15.9 Å². The van der Waals surface area contributed by atoms with Crippen LogP contribution >= 0.6 is 27.3 Å². The average Bonchev–Trinajstić information content (AvgIpc) is 2.84. The Morgan fingerprint density at radius 3 is 2.88 bits per heavy atom. The highest BCUT2D eigenvalue weighted by molar-refractivity contribution is 9.10. The van der Waals surface area contributed by atoms with Gasteiger partial charge in [-0.15, -0.1) is 11.3 Å². The zero-order chi connectivity index (χ0) is 12.0. The molecule has 0 spiro atoms. The van der Waals surface area contributed by atoms with Crippen LogP contribution in [0.5, 0.6) is 5.75 Å². The van der Waals surface area contributed by atoms with Gasteiger partial charge in [-0.1, -0.05) is 0 Å². The second-order valence-corrected chi connectivity index (χ2v) is 5.79. The molecule has 0 aliphatic heterocycles. The molecule has 0 saturated carbocycles. The quantitative estimate of drug-likeness (QED) is 0.741. The summed E-state index contributed by atoms with van der Waals surface area (Å²) in [5.41, 5.74) is 0.702. The van der Waals surface area contributed by atoms with E-state index >= 15 is 0 Å². The van der Waals surface area contributed by atoms with Crippen LogP contribution in [0.25, 0.3) is 16.2 Å². The Morgan fingerprint density at radius 1 is 1.35 bits per heavy atom. The summed E-state index contributed by atoms with van der Waals surface area (Å²) in [6.45, 7) is 2.07. The van der Waals surface area contributed by atoms with Crippen molar-refractivity contribution >= 4 is 32.8 Å². The van der Waals surface area contributed by atoms with E-state index in [1.807, 2.05) is 16.7 Å². The summed E-state index contributed by atoms with van der Waals surface area (Å²) in [7, 11) is 0. The van der Waals surface area contributed by atoms with E-state index in [9.17, 15) is 5.11 Å². The lowest BCUT2D eigenvalue weighted by atomic mass is 10.4. The molecule has 0 aliphatic carbocycles. The zero-order valence-electron chi connectivity index (χ0n) is 9.01. The van der Waals surface area contributed by atoms with Crippen molar-refractivity contribution in [2.75, 3.05) is 0 Å². The molecule has 3 aromatic heterocycles. The summed E-state index contributed by atoms with van der Waals surface area (Å²) in [4.78, 5) is 6.80. The number of nitrogens with zero attached hydrogens (tertiary/aromatic N) is 2. The number of hydrogen-bond acceptors (Lipinski definition) is 3. The third kappa shape index (κ3) is 1.66. The highest BCUT2D eigenvalue weighted by Gasteiger charge is 2.14. The molecule has 3 nitrogen and oxygen atoms in total. The van der Waals surface area contributed by atoms with Gasteiger partial charge in [0.25, 0.3) is 0 Å². The fourth-order valence-electron chi connectivity index (χ4n) is 1.81. The van der Waals surface area contributed by atoms with Crippen LogP contribution in [0.15, 0.2) is 35.1 Å². The minimum atomic E-state index is 0.228. The van der Waals surface area contributed by atoms with E-state index in [2.05, 4.69) is 33.9 Å². The van der Waals surface area contributed by atoms with Gasteiger partial charge >= 0.3 is 0 Å². The first kappa shape index (κ1) is 10.8. The van der Waals surface area contributed by atoms with Gasteiger partial charge in [-0.05, 0) is 47.1 Å². The van der Waals surface area contributed by atoms with E-state index in [1.54, 1.807) is 23.5 Å². The lowest BCUT2D eigenvalue weighted by molar-refractivity contribution is 0.479. The molecule has 17 heavy (non-hydrogen) atoms. The van der Waals surface area contributed by atoms with Gasteiger partial charge < -0.3 is 5.11 Å². The van der Waals surface area contributed by atoms with E-state index in [1.165, 1.54) is 4.88 Å². The van der Waals surface area contributed by atoms with Crippen molar-refractivity contribution in [1.82, 2.24) is 9.38 Å². The molecule has 0 aromatic carbocycles. The number of thiophene rings is 1. The first-order valence-electron chi connectivity index (χ1n) is 5.09. The first-order valence-corrected chi connectivity index (χ1v) is 6.70. The number of fused-ring (bicyclic) bond motifs is 1. The van der Waals surface area contributed by atoms with Crippen LogP contribution in [-0.2, 0) is 0 Å². The molecule has 5 heteroatoms. The SMILES string of the molecule is Cc1ccc(-c2nc(Br)c3c(O)cccn23)s1. The first-order chi connectivity index (χ1) is 8.16. The van der Waals surface area contributed by atoms with Gasteiger partial charge in [0, 0.05) is 11.1 Å². The summed E-state index contributed by atoms with van der Waals surface area (Å²) in [5.74, 6) is 1.08. The minimum Gasteiger partial charge on any atom is -0.506 e. The number of imidazole rings is 1. The number of aromatic hydroxyl groups is 1. The maximum atomic E-state index is 9.83. The maximum Gasteiger partial charge on any atom is 0.156 e. The van der Waals surface area contributed by atoms with Gasteiger partial charge in [-0.2, -0.15) is 0 Å². The summed E-state index contributed by atoms with van der Waals surface area (Å²) in [6.07, 6.45) is 1.90. The van der Waals surface area contributed by atoms with Crippen molar-refractivity contribution < 1.29 is 5.11 Å². The number of aryl methyl sites for hydroxylation is 1. The number of aromatic nitrogens is 2. The lowest BCUT2D eigenvalue weighted by Crippen LogP contribution is -1.86. The van der Waals surface area contributed by atoms with Crippen molar-refractivity contribution in [3.63, 3.8) is 0 Å². The largest absolute Gasteiger partial charge is 0.506 e.